The normalized spacial score (nSPS) is 21.0. The summed E-state index contributed by atoms with van der Waals surface area (Å²) in [4.78, 5) is 2.64. The minimum Gasteiger partial charge on any atom is -1.00 e. The van der Waals surface area contributed by atoms with Gasteiger partial charge in [0.25, 0.3) is 0 Å². The Morgan fingerprint density at radius 3 is 1.93 bits per heavy atom. The summed E-state index contributed by atoms with van der Waals surface area (Å²) in [6.45, 7) is 16.3. The molecule has 92 valence electrons. The van der Waals surface area contributed by atoms with Crippen LogP contribution in [0.25, 0.3) is 0 Å². The zero-order valence-electron chi connectivity index (χ0n) is 10.6. The van der Waals surface area contributed by atoms with Gasteiger partial charge in [0.1, 0.15) is 0 Å². The van der Waals surface area contributed by atoms with E-state index < -0.39 is 0 Å². The third-order valence-electron chi connectivity index (χ3n) is 3.95. The Morgan fingerprint density at radius 2 is 1.53 bits per heavy atom. The van der Waals surface area contributed by atoms with E-state index in [9.17, 15) is 0 Å². The molecule has 0 N–H and O–H groups in total. The molecule has 0 bridgehead atoms. The van der Waals surface area contributed by atoms with Crippen molar-refractivity contribution < 1.29 is 16.9 Å². The van der Waals surface area contributed by atoms with Gasteiger partial charge >= 0.3 is 0 Å². The molecule has 15 heavy (non-hydrogen) atoms. The third-order valence-corrected chi connectivity index (χ3v) is 3.95. The van der Waals surface area contributed by atoms with Crippen LogP contribution in [0.3, 0.4) is 0 Å². The van der Waals surface area contributed by atoms with Gasteiger partial charge in [-0.15, -0.1) is 0 Å². The molecule has 3 heteroatoms. The van der Waals surface area contributed by atoms with Crippen molar-refractivity contribution in [2.45, 2.75) is 33.6 Å². The molecule has 1 fully saturated rings. The SMILES string of the molecule is CCCCN1CC[N+](CC)(CC)CC1.[Cl-]. The van der Waals surface area contributed by atoms with Gasteiger partial charge in [0, 0.05) is 13.1 Å². The van der Waals surface area contributed by atoms with Gasteiger partial charge in [-0.2, -0.15) is 0 Å². The van der Waals surface area contributed by atoms with Crippen LogP contribution < -0.4 is 12.4 Å². The Morgan fingerprint density at radius 1 is 1.00 bits per heavy atom. The summed E-state index contributed by atoms with van der Waals surface area (Å²) >= 11 is 0. The molecule has 0 aromatic heterocycles. The first-order valence-electron chi connectivity index (χ1n) is 6.33. The van der Waals surface area contributed by atoms with Crippen molar-refractivity contribution >= 4 is 0 Å². The van der Waals surface area contributed by atoms with Crippen LogP contribution in [0.5, 0.6) is 0 Å². The van der Waals surface area contributed by atoms with Crippen LogP contribution in [0.4, 0.5) is 0 Å². The summed E-state index contributed by atoms with van der Waals surface area (Å²) in [5.74, 6) is 0. The molecule has 2 nitrogen and oxygen atoms in total. The molecule has 1 aliphatic heterocycles. The molecule has 1 rings (SSSR count). The van der Waals surface area contributed by atoms with E-state index in [1.807, 2.05) is 0 Å². The number of likely N-dealkylation sites (N-methyl/N-ethyl adjacent to an activating group) is 1. The highest BCUT2D eigenvalue weighted by molar-refractivity contribution is 4.63. The first-order chi connectivity index (χ1) is 6.76. The summed E-state index contributed by atoms with van der Waals surface area (Å²) in [6, 6.07) is 0. The predicted octanol–water partition coefficient (Wildman–Crippen LogP) is -1.04. The van der Waals surface area contributed by atoms with Crippen LogP contribution in [0.1, 0.15) is 33.6 Å². The van der Waals surface area contributed by atoms with Crippen molar-refractivity contribution in [1.29, 1.82) is 0 Å². The Labute approximate surface area is 102 Å². The molecule has 0 unspecified atom stereocenters. The van der Waals surface area contributed by atoms with Crippen LogP contribution >= 0.6 is 0 Å². The second-order valence-corrected chi connectivity index (χ2v) is 4.62. The van der Waals surface area contributed by atoms with Crippen LogP contribution in [0.2, 0.25) is 0 Å². The number of unbranched alkanes of at least 4 members (excludes halogenated alkanes) is 1. The van der Waals surface area contributed by atoms with Crippen molar-refractivity contribution in [3.05, 3.63) is 0 Å². The topological polar surface area (TPSA) is 3.24 Å². The van der Waals surface area contributed by atoms with Gasteiger partial charge < -0.3 is 16.9 Å². The lowest BCUT2D eigenvalue weighted by molar-refractivity contribution is -0.928. The van der Waals surface area contributed by atoms with E-state index in [1.165, 1.54) is 63.1 Å². The second-order valence-electron chi connectivity index (χ2n) is 4.62. The first-order valence-corrected chi connectivity index (χ1v) is 6.33. The van der Waals surface area contributed by atoms with Crippen LogP contribution in [0.15, 0.2) is 0 Å². The Bertz CT molecular complexity index is 148. The monoisotopic (exact) mass is 234 g/mol. The van der Waals surface area contributed by atoms with E-state index in [1.54, 1.807) is 0 Å². The lowest BCUT2D eigenvalue weighted by Crippen LogP contribution is -3.00. The van der Waals surface area contributed by atoms with Gasteiger partial charge in [-0.05, 0) is 26.8 Å². The van der Waals surface area contributed by atoms with Crippen molar-refractivity contribution in [1.82, 2.24) is 4.90 Å². The lowest BCUT2D eigenvalue weighted by Gasteiger charge is -2.43. The van der Waals surface area contributed by atoms with E-state index in [0.29, 0.717) is 0 Å². The molecule has 0 amide bonds. The first kappa shape index (κ1) is 15.2. The fourth-order valence-corrected chi connectivity index (χ4v) is 2.39. The number of quaternary nitrogens is 1. The van der Waals surface area contributed by atoms with Gasteiger partial charge in [0.05, 0.1) is 26.2 Å². The van der Waals surface area contributed by atoms with Crippen LogP contribution in [0, 0.1) is 0 Å². The molecule has 0 aromatic carbocycles. The molecule has 1 aliphatic rings. The Balaban J connectivity index is 0.00000196. The second kappa shape index (κ2) is 7.48. The van der Waals surface area contributed by atoms with Crippen molar-refractivity contribution in [2.75, 3.05) is 45.8 Å². The van der Waals surface area contributed by atoms with Gasteiger partial charge in [-0.3, -0.25) is 4.90 Å². The molecule has 0 radical (unpaired) electrons. The predicted molar refractivity (Wildman–Crippen MR) is 62.4 cm³/mol. The maximum absolute atomic E-state index is 2.64. The van der Waals surface area contributed by atoms with E-state index >= 15 is 0 Å². The van der Waals surface area contributed by atoms with Crippen LogP contribution in [-0.2, 0) is 0 Å². The minimum absolute atomic E-state index is 0. The van der Waals surface area contributed by atoms with E-state index in [-0.39, 0.29) is 12.4 Å². The highest BCUT2D eigenvalue weighted by Crippen LogP contribution is 2.12. The minimum atomic E-state index is 0. The summed E-state index contributed by atoms with van der Waals surface area (Å²) in [5.41, 5.74) is 0. The van der Waals surface area contributed by atoms with Gasteiger partial charge in [0.15, 0.2) is 0 Å². The van der Waals surface area contributed by atoms with Gasteiger partial charge in [-0.25, -0.2) is 0 Å². The fraction of sp³-hybridized carbons (Fsp3) is 1.00. The average molecular weight is 235 g/mol. The van der Waals surface area contributed by atoms with Crippen molar-refractivity contribution in [2.24, 2.45) is 0 Å². The molecule has 1 saturated heterocycles. The molecule has 0 aliphatic carbocycles. The molecular formula is C12H27ClN2. The molecule has 0 saturated carbocycles. The van der Waals surface area contributed by atoms with Gasteiger partial charge in [-0.1, -0.05) is 13.3 Å². The van der Waals surface area contributed by atoms with Crippen molar-refractivity contribution in [3.63, 3.8) is 0 Å². The maximum atomic E-state index is 2.64. The number of halogens is 1. The largest absolute Gasteiger partial charge is 1.00 e. The lowest BCUT2D eigenvalue weighted by atomic mass is 10.2. The fourth-order valence-electron chi connectivity index (χ4n) is 2.39. The number of piperazine rings is 1. The van der Waals surface area contributed by atoms with E-state index in [4.69, 9.17) is 0 Å². The standard InChI is InChI=1S/C12H27N2.ClH/c1-4-7-8-13-9-11-14(5-2,6-3)12-10-13;/h4-12H2,1-3H3;1H/q+1;/p-1. The van der Waals surface area contributed by atoms with Crippen molar-refractivity contribution in [3.8, 4) is 0 Å². The Kier molecular flexibility index (Phi) is 7.58. The summed E-state index contributed by atoms with van der Waals surface area (Å²) < 4.78 is 1.35. The smallest absolute Gasteiger partial charge is 0.0916 e. The number of nitrogens with zero attached hydrogens (tertiary/aromatic N) is 2. The zero-order chi connectivity index (χ0) is 10.4. The quantitative estimate of drug-likeness (QED) is 0.550. The molecule has 0 spiro atoms. The maximum Gasteiger partial charge on any atom is 0.0916 e. The molecular weight excluding hydrogens is 208 g/mol. The molecule has 0 aromatic rings. The number of rotatable bonds is 5. The van der Waals surface area contributed by atoms with Crippen LogP contribution in [-0.4, -0.2) is 55.2 Å². The Hall–Kier alpha value is 0.210. The highest BCUT2D eigenvalue weighted by atomic mass is 35.5. The summed E-state index contributed by atoms with van der Waals surface area (Å²) in [6.07, 6.45) is 2.70. The average Bonchev–Trinajstić information content (AvgIpc) is 2.27. The summed E-state index contributed by atoms with van der Waals surface area (Å²) in [7, 11) is 0. The molecule has 1 heterocycles. The highest BCUT2D eigenvalue weighted by Gasteiger charge is 2.28. The third kappa shape index (κ3) is 4.29. The summed E-state index contributed by atoms with van der Waals surface area (Å²) in [5, 5.41) is 0. The number of hydrogen-bond acceptors (Lipinski definition) is 1. The van der Waals surface area contributed by atoms with Gasteiger partial charge in [0.2, 0.25) is 0 Å². The van der Waals surface area contributed by atoms with E-state index in [2.05, 4.69) is 25.7 Å². The number of hydrogen-bond donors (Lipinski definition) is 0. The van der Waals surface area contributed by atoms with E-state index in [0.717, 1.165) is 0 Å². The zero-order valence-corrected chi connectivity index (χ0v) is 11.4. The molecule has 0 atom stereocenters.